The van der Waals surface area contributed by atoms with Gasteiger partial charge in [0.15, 0.2) is 5.75 Å². The highest BCUT2D eigenvalue weighted by atomic mass is 35.5. The van der Waals surface area contributed by atoms with Crippen molar-refractivity contribution in [3.8, 4) is 5.75 Å². The molecule has 8 heteroatoms. The fraction of sp³-hybridized carbons (Fsp3) is 0.0833. The summed E-state index contributed by atoms with van der Waals surface area (Å²) in [7, 11) is 0. The van der Waals surface area contributed by atoms with E-state index in [-0.39, 0.29) is 12.5 Å². The lowest BCUT2D eigenvalue weighted by Crippen LogP contribution is -2.29. The van der Waals surface area contributed by atoms with E-state index in [9.17, 15) is 4.79 Å². The van der Waals surface area contributed by atoms with Crippen LogP contribution in [0.5, 0.6) is 5.75 Å². The predicted molar refractivity (Wildman–Crippen MR) is 81.8 cm³/mol. The van der Waals surface area contributed by atoms with Crippen molar-refractivity contribution in [2.75, 3.05) is 0 Å². The van der Waals surface area contributed by atoms with Gasteiger partial charge < -0.3 is 4.74 Å². The molecule has 0 aliphatic carbocycles. The van der Waals surface area contributed by atoms with Gasteiger partial charge in [0.1, 0.15) is 6.61 Å². The van der Waals surface area contributed by atoms with Crippen LogP contribution in [0.4, 0.5) is 0 Å². The van der Waals surface area contributed by atoms with Crippen LogP contribution in [0.2, 0.25) is 15.1 Å². The molecule has 0 saturated heterocycles. The maximum atomic E-state index is 11.3. The molecule has 0 aliphatic heterocycles. The van der Waals surface area contributed by atoms with Crippen molar-refractivity contribution in [1.29, 1.82) is 0 Å². The van der Waals surface area contributed by atoms with Crippen LogP contribution < -0.4 is 16.0 Å². The Hall–Kier alpha value is -0.980. The molecular formula is C12H9Cl3N2O2S. The van der Waals surface area contributed by atoms with Crippen molar-refractivity contribution >= 4 is 52.0 Å². The van der Waals surface area contributed by atoms with Gasteiger partial charge in [0.25, 0.3) is 5.91 Å². The number of thiophene rings is 1. The van der Waals surface area contributed by atoms with Crippen LogP contribution in [0, 0.1) is 0 Å². The standard InChI is InChI=1S/C12H9Cl3N2O2S/c13-6-3-8(14)11(9(15)4-6)19-5-7-1-2-10(20-7)12(18)17-16/h1-4H,5,16H2,(H,17,18). The van der Waals surface area contributed by atoms with Gasteiger partial charge in [-0.05, 0) is 24.3 Å². The number of carbonyl (C=O) groups excluding carboxylic acids is 1. The number of amides is 1. The molecule has 106 valence electrons. The first-order valence-corrected chi connectivity index (χ1v) is 7.33. The number of halogens is 3. The molecule has 0 radical (unpaired) electrons. The molecule has 0 unspecified atom stereocenters. The first kappa shape index (κ1) is 15.4. The van der Waals surface area contributed by atoms with Crippen molar-refractivity contribution in [2.45, 2.75) is 6.61 Å². The van der Waals surface area contributed by atoms with Gasteiger partial charge >= 0.3 is 0 Å². The van der Waals surface area contributed by atoms with Crippen LogP contribution in [0.1, 0.15) is 14.5 Å². The molecule has 0 fully saturated rings. The van der Waals surface area contributed by atoms with Crippen molar-refractivity contribution in [3.05, 3.63) is 49.1 Å². The van der Waals surface area contributed by atoms with Crippen molar-refractivity contribution in [3.63, 3.8) is 0 Å². The second-order valence-corrected chi connectivity index (χ2v) is 6.15. The molecule has 4 nitrogen and oxygen atoms in total. The van der Waals surface area contributed by atoms with E-state index in [0.29, 0.717) is 25.7 Å². The highest BCUT2D eigenvalue weighted by molar-refractivity contribution is 7.14. The molecule has 1 amide bonds. The zero-order valence-corrected chi connectivity index (χ0v) is 13.0. The molecule has 1 aromatic carbocycles. The number of hydrogen-bond donors (Lipinski definition) is 2. The summed E-state index contributed by atoms with van der Waals surface area (Å²) < 4.78 is 5.56. The fourth-order valence-electron chi connectivity index (χ4n) is 1.46. The zero-order chi connectivity index (χ0) is 14.7. The predicted octanol–water partition coefficient (Wildman–Crippen LogP) is 3.89. The van der Waals surface area contributed by atoms with E-state index < -0.39 is 0 Å². The zero-order valence-electron chi connectivity index (χ0n) is 9.95. The summed E-state index contributed by atoms with van der Waals surface area (Å²) in [5.74, 6) is 5.07. The Kier molecular flexibility index (Phi) is 5.12. The summed E-state index contributed by atoms with van der Waals surface area (Å²) in [6.07, 6.45) is 0. The van der Waals surface area contributed by atoms with Gasteiger partial charge in [-0.3, -0.25) is 10.2 Å². The van der Waals surface area contributed by atoms with Gasteiger partial charge in [0, 0.05) is 9.90 Å². The topological polar surface area (TPSA) is 64.3 Å². The summed E-state index contributed by atoms with van der Waals surface area (Å²) in [6, 6.07) is 6.53. The smallest absolute Gasteiger partial charge is 0.275 e. The second kappa shape index (κ2) is 6.65. The Morgan fingerprint density at radius 1 is 1.25 bits per heavy atom. The monoisotopic (exact) mass is 350 g/mol. The Morgan fingerprint density at radius 3 is 2.50 bits per heavy atom. The average molecular weight is 352 g/mol. The van der Waals surface area contributed by atoms with Gasteiger partial charge in [0.05, 0.1) is 14.9 Å². The largest absolute Gasteiger partial charge is 0.485 e. The number of nitrogens with two attached hydrogens (primary N) is 1. The average Bonchev–Trinajstić information content (AvgIpc) is 2.85. The number of benzene rings is 1. The number of nitrogen functional groups attached to an aromatic ring is 1. The molecule has 0 atom stereocenters. The molecule has 0 bridgehead atoms. The van der Waals surface area contributed by atoms with E-state index in [2.05, 4.69) is 5.43 Å². The Balaban J connectivity index is 2.09. The fourth-order valence-corrected chi connectivity index (χ4v) is 3.21. The summed E-state index contributed by atoms with van der Waals surface area (Å²) in [5.41, 5.74) is 2.07. The van der Waals surface area contributed by atoms with Crippen LogP contribution in [0.25, 0.3) is 0 Å². The van der Waals surface area contributed by atoms with Gasteiger partial charge in [-0.2, -0.15) is 0 Å². The molecule has 2 aromatic rings. The third-order valence-corrected chi connectivity index (χ3v) is 4.18. The van der Waals surface area contributed by atoms with Crippen LogP contribution >= 0.6 is 46.1 Å². The Morgan fingerprint density at radius 2 is 1.90 bits per heavy atom. The van der Waals surface area contributed by atoms with Crippen molar-refractivity contribution < 1.29 is 9.53 Å². The molecule has 1 aromatic heterocycles. The Bertz CT molecular complexity index is 622. The van der Waals surface area contributed by atoms with Crippen molar-refractivity contribution in [2.24, 2.45) is 5.84 Å². The second-order valence-electron chi connectivity index (χ2n) is 3.73. The minimum atomic E-state index is -0.344. The van der Waals surface area contributed by atoms with Gasteiger partial charge in [-0.15, -0.1) is 11.3 Å². The van der Waals surface area contributed by atoms with Gasteiger partial charge in [-0.25, -0.2) is 5.84 Å². The van der Waals surface area contributed by atoms with Crippen LogP contribution in [0.3, 0.4) is 0 Å². The third kappa shape index (κ3) is 3.56. The molecule has 2 rings (SSSR count). The van der Waals surface area contributed by atoms with Gasteiger partial charge in [-0.1, -0.05) is 34.8 Å². The van der Waals surface area contributed by atoms with E-state index in [0.717, 1.165) is 4.88 Å². The number of hydrogen-bond acceptors (Lipinski definition) is 4. The van der Waals surface area contributed by atoms with Crippen LogP contribution in [-0.2, 0) is 6.61 Å². The first-order chi connectivity index (χ1) is 9.51. The highest BCUT2D eigenvalue weighted by Gasteiger charge is 2.11. The number of rotatable bonds is 4. The minimum Gasteiger partial charge on any atom is -0.485 e. The van der Waals surface area contributed by atoms with E-state index in [4.69, 9.17) is 45.4 Å². The molecule has 20 heavy (non-hydrogen) atoms. The third-order valence-electron chi connectivity index (χ3n) is 2.34. The SMILES string of the molecule is NNC(=O)c1ccc(COc2c(Cl)cc(Cl)cc2Cl)s1. The summed E-state index contributed by atoms with van der Waals surface area (Å²) >= 11 is 19.1. The highest BCUT2D eigenvalue weighted by Crippen LogP contribution is 2.36. The summed E-state index contributed by atoms with van der Waals surface area (Å²) in [6.45, 7) is 0.240. The number of ether oxygens (including phenoxy) is 1. The number of nitrogens with one attached hydrogen (secondary N) is 1. The molecule has 1 heterocycles. The van der Waals surface area contributed by atoms with Crippen LogP contribution in [0.15, 0.2) is 24.3 Å². The van der Waals surface area contributed by atoms with Crippen molar-refractivity contribution in [1.82, 2.24) is 5.43 Å². The lowest BCUT2D eigenvalue weighted by atomic mass is 10.3. The van der Waals surface area contributed by atoms with Crippen LogP contribution in [-0.4, -0.2) is 5.91 Å². The van der Waals surface area contributed by atoms with Gasteiger partial charge in [0.2, 0.25) is 0 Å². The Labute approximate surface area is 134 Å². The maximum absolute atomic E-state index is 11.3. The maximum Gasteiger partial charge on any atom is 0.275 e. The molecule has 0 aliphatic rings. The lowest BCUT2D eigenvalue weighted by molar-refractivity contribution is 0.0957. The van der Waals surface area contributed by atoms with E-state index in [1.54, 1.807) is 24.3 Å². The van der Waals surface area contributed by atoms with E-state index in [1.807, 2.05) is 0 Å². The normalized spacial score (nSPS) is 10.4. The number of carbonyl (C=O) groups is 1. The molecular weight excluding hydrogens is 343 g/mol. The van der Waals surface area contributed by atoms with E-state index >= 15 is 0 Å². The summed E-state index contributed by atoms with van der Waals surface area (Å²) in [4.78, 5) is 12.7. The molecule has 3 N–H and O–H groups in total. The first-order valence-electron chi connectivity index (χ1n) is 5.38. The van der Waals surface area contributed by atoms with E-state index in [1.165, 1.54) is 11.3 Å². The minimum absolute atomic E-state index is 0.240. The molecule has 0 saturated carbocycles. The number of hydrazine groups is 1. The summed E-state index contributed by atoms with van der Waals surface area (Å²) in [5, 5.41) is 1.10. The quantitative estimate of drug-likeness (QED) is 0.499. The molecule has 0 spiro atoms. The lowest BCUT2D eigenvalue weighted by Gasteiger charge is -2.09.